The molecule has 1 unspecified atom stereocenters. The standard InChI is InChI=1S/C22H22O9/c1-25-11-4-17(29-9-12-8-28-12)20-18(5-11)31-19-10-30-14-7-16(27-3)15(26-2)6-13(14)22(19,24)21(20)23/h4-7,12,19,24H,8-10H2,1-3H3/t12?,19-,22-/m1/s1. The van der Waals surface area contributed by atoms with Gasteiger partial charge in [0.15, 0.2) is 23.2 Å². The topological polar surface area (TPSA) is 105 Å². The van der Waals surface area contributed by atoms with Crippen LogP contribution in [-0.2, 0) is 10.3 Å². The first kappa shape index (κ1) is 19.8. The Bertz CT molecular complexity index is 1050. The second kappa shape index (κ2) is 7.21. The summed E-state index contributed by atoms with van der Waals surface area (Å²) in [6, 6.07) is 6.31. The highest BCUT2D eigenvalue weighted by molar-refractivity contribution is 6.09. The van der Waals surface area contributed by atoms with Gasteiger partial charge < -0.3 is 38.3 Å². The van der Waals surface area contributed by atoms with E-state index in [0.717, 1.165) is 0 Å². The van der Waals surface area contributed by atoms with E-state index in [1.807, 2.05) is 0 Å². The molecule has 1 N–H and O–H groups in total. The molecule has 0 bridgehead atoms. The molecule has 31 heavy (non-hydrogen) atoms. The van der Waals surface area contributed by atoms with Crippen molar-refractivity contribution < 1.29 is 43.1 Å². The second-order valence-corrected chi connectivity index (χ2v) is 7.48. The Morgan fingerprint density at radius 3 is 2.42 bits per heavy atom. The van der Waals surface area contributed by atoms with Crippen molar-refractivity contribution in [3.8, 4) is 34.5 Å². The molecule has 3 aliphatic heterocycles. The van der Waals surface area contributed by atoms with Crippen LogP contribution < -0.4 is 28.4 Å². The molecule has 9 nitrogen and oxygen atoms in total. The predicted molar refractivity (Wildman–Crippen MR) is 106 cm³/mol. The van der Waals surface area contributed by atoms with Crippen LogP contribution in [0, 0.1) is 0 Å². The molecule has 1 fully saturated rings. The van der Waals surface area contributed by atoms with Crippen LogP contribution in [0.4, 0.5) is 0 Å². The molecule has 5 rings (SSSR count). The number of hydrogen-bond acceptors (Lipinski definition) is 9. The van der Waals surface area contributed by atoms with Gasteiger partial charge in [-0.2, -0.15) is 0 Å². The number of rotatable bonds is 6. The molecule has 0 amide bonds. The Morgan fingerprint density at radius 1 is 1.00 bits per heavy atom. The lowest BCUT2D eigenvalue weighted by atomic mass is 9.77. The summed E-state index contributed by atoms with van der Waals surface area (Å²) >= 11 is 0. The molecule has 1 saturated heterocycles. The first-order valence-electron chi connectivity index (χ1n) is 9.79. The number of methoxy groups -OCH3 is 3. The van der Waals surface area contributed by atoms with E-state index >= 15 is 0 Å². The van der Waals surface area contributed by atoms with Crippen LogP contribution in [0.2, 0.25) is 0 Å². The van der Waals surface area contributed by atoms with Gasteiger partial charge in [0.25, 0.3) is 0 Å². The zero-order chi connectivity index (χ0) is 21.8. The first-order valence-corrected chi connectivity index (χ1v) is 9.79. The van der Waals surface area contributed by atoms with Gasteiger partial charge in [0.2, 0.25) is 5.78 Å². The number of carbonyl (C=O) groups excluding carboxylic acids is 1. The van der Waals surface area contributed by atoms with E-state index in [0.29, 0.717) is 29.6 Å². The van der Waals surface area contributed by atoms with Crippen molar-refractivity contribution in [3.05, 3.63) is 35.4 Å². The molecular formula is C22H22O9. The van der Waals surface area contributed by atoms with Crippen LogP contribution >= 0.6 is 0 Å². The summed E-state index contributed by atoms with van der Waals surface area (Å²) in [7, 11) is 4.48. The van der Waals surface area contributed by atoms with Gasteiger partial charge >= 0.3 is 0 Å². The molecule has 3 heterocycles. The highest BCUT2D eigenvalue weighted by Crippen LogP contribution is 2.51. The summed E-state index contributed by atoms with van der Waals surface area (Å²) in [5.74, 6) is 1.53. The lowest BCUT2D eigenvalue weighted by molar-refractivity contribution is -0.0803. The summed E-state index contributed by atoms with van der Waals surface area (Å²) in [6.45, 7) is 0.849. The third-order valence-corrected chi connectivity index (χ3v) is 5.70. The molecule has 3 atom stereocenters. The van der Waals surface area contributed by atoms with Crippen LogP contribution in [0.25, 0.3) is 0 Å². The SMILES string of the molecule is COc1cc(OCC2CO2)c2c(c1)O[C@@H]1COc3cc(OC)c(OC)cc3[C@]1(O)C2=O. The number of Topliss-reactive ketones (excluding diaryl/α,β-unsaturated/α-hetero) is 1. The van der Waals surface area contributed by atoms with Crippen molar-refractivity contribution in [1.29, 1.82) is 0 Å². The van der Waals surface area contributed by atoms with Crippen LogP contribution in [0.1, 0.15) is 15.9 Å². The van der Waals surface area contributed by atoms with Crippen LogP contribution in [-0.4, -0.2) is 64.2 Å². The normalized spacial score (nSPS) is 25.2. The third-order valence-electron chi connectivity index (χ3n) is 5.70. The summed E-state index contributed by atoms with van der Waals surface area (Å²) in [4.78, 5) is 13.8. The van der Waals surface area contributed by atoms with Gasteiger partial charge in [-0.25, -0.2) is 0 Å². The summed E-state index contributed by atoms with van der Waals surface area (Å²) < 4.78 is 38.9. The first-order chi connectivity index (χ1) is 15.0. The molecule has 3 aliphatic rings. The van der Waals surface area contributed by atoms with E-state index in [9.17, 15) is 9.90 Å². The molecule has 0 aliphatic carbocycles. The maximum atomic E-state index is 13.8. The smallest absolute Gasteiger partial charge is 0.210 e. The Hall–Kier alpha value is -3.17. The molecule has 0 saturated carbocycles. The molecule has 164 valence electrons. The second-order valence-electron chi connectivity index (χ2n) is 7.48. The van der Waals surface area contributed by atoms with E-state index in [1.54, 1.807) is 18.2 Å². The van der Waals surface area contributed by atoms with Gasteiger partial charge in [-0.05, 0) is 6.07 Å². The third kappa shape index (κ3) is 3.03. The van der Waals surface area contributed by atoms with Gasteiger partial charge in [0.05, 0.1) is 27.9 Å². The van der Waals surface area contributed by atoms with Crippen molar-refractivity contribution in [2.45, 2.75) is 17.8 Å². The molecule has 0 radical (unpaired) electrons. The molecular weight excluding hydrogens is 408 g/mol. The lowest BCUT2D eigenvalue weighted by Gasteiger charge is -2.43. The highest BCUT2D eigenvalue weighted by Gasteiger charge is 2.57. The maximum Gasteiger partial charge on any atom is 0.210 e. The highest BCUT2D eigenvalue weighted by atomic mass is 16.6. The number of ether oxygens (including phenoxy) is 7. The summed E-state index contributed by atoms with van der Waals surface area (Å²) in [6.07, 6.45) is -0.984. The van der Waals surface area contributed by atoms with Gasteiger partial charge in [0, 0.05) is 23.8 Å². The van der Waals surface area contributed by atoms with Gasteiger partial charge in [-0.1, -0.05) is 0 Å². The Labute approximate surface area is 178 Å². The molecule has 0 spiro atoms. The Morgan fingerprint density at radius 2 is 1.74 bits per heavy atom. The van der Waals surface area contributed by atoms with E-state index in [-0.39, 0.29) is 41.9 Å². The van der Waals surface area contributed by atoms with E-state index in [2.05, 4.69) is 0 Å². The van der Waals surface area contributed by atoms with Gasteiger partial charge in [-0.15, -0.1) is 0 Å². The van der Waals surface area contributed by atoms with E-state index in [4.69, 9.17) is 33.2 Å². The van der Waals surface area contributed by atoms with E-state index < -0.39 is 17.5 Å². The monoisotopic (exact) mass is 430 g/mol. The quantitative estimate of drug-likeness (QED) is 0.686. The molecule has 2 aromatic rings. The fraction of sp³-hybridized carbons (Fsp3) is 0.409. The predicted octanol–water partition coefficient (Wildman–Crippen LogP) is 1.71. The van der Waals surface area contributed by atoms with Crippen LogP contribution in [0.15, 0.2) is 24.3 Å². The zero-order valence-corrected chi connectivity index (χ0v) is 17.3. The average molecular weight is 430 g/mol. The minimum atomic E-state index is -2.00. The molecule has 9 heteroatoms. The summed E-state index contributed by atoms with van der Waals surface area (Å²) in [5, 5.41) is 11.7. The van der Waals surface area contributed by atoms with Crippen LogP contribution in [0.5, 0.6) is 34.5 Å². The van der Waals surface area contributed by atoms with Crippen LogP contribution in [0.3, 0.4) is 0 Å². The van der Waals surface area contributed by atoms with Crippen molar-refractivity contribution in [1.82, 2.24) is 0 Å². The summed E-state index contributed by atoms with van der Waals surface area (Å²) in [5.41, 5.74) is -1.62. The largest absolute Gasteiger partial charge is 0.496 e. The van der Waals surface area contributed by atoms with E-state index in [1.165, 1.54) is 27.4 Å². The molecule has 2 aromatic carbocycles. The van der Waals surface area contributed by atoms with Crippen molar-refractivity contribution >= 4 is 5.78 Å². The Kier molecular flexibility index (Phi) is 4.60. The zero-order valence-electron chi connectivity index (χ0n) is 17.3. The number of hydrogen-bond donors (Lipinski definition) is 1. The maximum absolute atomic E-state index is 13.8. The van der Waals surface area contributed by atoms with Crippen molar-refractivity contribution in [3.63, 3.8) is 0 Å². The van der Waals surface area contributed by atoms with Gasteiger partial charge in [-0.3, -0.25) is 4.79 Å². The fourth-order valence-corrected chi connectivity index (χ4v) is 3.93. The molecule has 0 aromatic heterocycles. The number of carbonyl (C=O) groups is 1. The minimum absolute atomic E-state index is 0.0159. The van der Waals surface area contributed by atoms with Crippen molar-refractivity contribution in [2.24, 2.45) is 0 Å². The Balaban J connectivity index is 1.63. The average Bonchev–Trinajstić information content (AvgIpc) is 3.62. The van der Waals surface area contributed by atoms with Gasteiger partial charge in [0.1, 0.15) is 47.9 Å². The van der Waals surface area contributed by atoms with Crippen molar-refractivity contribution in [2.75, 3.05) is 41.2 Å². The number of epoxide rings is 1. The number of benzene rings is 2. The number of ketones is 1. The lowest BCUT2D eigenvalue weighted by Crippen LogP contribution is -2.57. The minimum Gasteiger partial charge on any atom is -0.496 e. The number of aliphatic hydroxyl groups is 1. The fourth-order valence-electron chi connectivity index (χ4n) is 3.93. The number of fused-ring (bicyclic) bond motifs is 4.